The van der Waals surface area contributed by atoms with Gasteiger partial charge in [-0.2, -0.15) is 0 Å². The highest BCUT2D eigenvalue weighted by atomic mass is 35.5. The molecule has 0 radical (unpaired) electrons. The van der Waals surface area contributed by atoms with E-state index in [4.69, 9.17) is 11.6 Å². The first kappa shape index (κ1) is 23.7. The largest absolute Gasteiger partial charge is 0.207 e. The molecular formula is C29H37ClF2. The Morgan fingerprint density at radius 3 is 1.84 bits per heavy atom. The van der Waals surface area contributed by atoms with Crippen LogP contribution in [0.2, 0.25) is 5.02 Å². The first-order valence-electron chi connectivity index (χ1n) is 12.7. The summed E-state index contributed by atoms with van der Waals surface area (Å²) in [5, 5.41) is 0.675. The fourth-order valence-corrected chi connectivity index (χ4v) is 6.02. The van der Waals surface area contributed by atoms with Gasteiger partial charge in [-0.05, 0) is 97.6 Å². The molecule has 0 aromatic heterocycles. The predicted molar refractivity (Wildman–Crippen MR) is 130 cm³/mol. The van der Waals surface area contributed by atoms with Gasteiger partial charge in [-0.25, -0.2) is 8.78 Å². The van der Waals surface area contributed by atoms with Gasteiger partial charge in [0.2, 0.25) is 0 Å². The number of aryl methyl sites for hydroxylation is 1. The fourth-order valence-electron chi connectivity index (χ4n) is 5.89. The van der Waals surface area contributed by atoms with Crippen LogP contribution in [0.25, 0.3) is 0 Å². The van der Waals surface area contributed by atoms with Crippen molar-refractivity contribution in [3.05, 3.63) is 69.7 Å². The Kier molecular flexibility index (Phi) is 8.27. The molecule has 2 aliphatic carbocycles. The van der Waals surface area contributed by atoms with Gasteiger partial charge >= 0.3 is 0 Å². The highest BCUT2D eigenvalue weighted by molar-refractivity contribution is 6.30. The van der Waals surface area contributed by atoms with Crippen LogP contribution in [0.5, 0.6) is 0 Å². The Hall–Kier alpha value is -1.41. The standard InChI is InChI=1S/C29H37ClF2/c1-20-2-4-21(5-3-20)6-7-22-8-13-24(14-9-22)25-18-28(31)27(29(32)19-25)17-12-23-10-15-26(30)16-11-23/h10-11,15-16,18-22,24H,2-9,12-14,17H2,1H3/t20-,21-,22-,24-. The molecule has 2 aromatic rings. The van der Waals surface area contributed by atoms with Crippen molar-refractivity contribution in [2.45, 2.75) is 89.9 Å². The summed E-state index contributed by atoms with van der Waals surface area (Å²) >= 11 is 5.92. The highest BCUT2D eigenvalue weighted by Gasteiger charge is 2.26. The van der Waals surface area contributed by atoms with Crippen molar-refractivity contribution in [3.8, 4) is 0 Å². The predicted octanol–water partition coefficient (Wildman–Crippen LogP) is 9.28. The summed E-state index contributed by atoms with van der Waals surface area (Å²) in [6, 6.07) is 10.7. The third-order valence-corrected chi connectivity index (χ3v) is 8.43. The van der Waals surface area contributed by atoms with E-state index in [1.54, 1.807) is 12.1 Å². The lowest BCUT2D eigenvalue weighted by molar-refractivity contribution is 0.237. The summed E-state index contributed by atoms with van der Waals surface area (Å²) in [5.41, 5.74) is 2.10. The average molecular weight is 459 g/mol. The first-order valence-corrected chi connectivity index (χ1v) is 13.1. The van der Waals surface area contributed by atoms with Crippen LogP contribution in [-0.4, -0.2) is 0 Å². The van der Waals surface area contributed by atoms with Crippen molar-refractivity contribution >= 4 is 11.6 Å². The minimum Gasteiger partial charge on any atom is -0.207 e. The zero-order chi connectivity index (χ0) is 22.5. The maximum Gasteiger partial charge on any atom is 0.129 e. The van der Waals surface area contributed by atoms with E-state index in [1.807, 2.05) is 24.3 Å². The molecule has 0 nitrogen and oxygen atoms in total. The fraction of sp³-hybridized carbons (Fsp3) is 0.586. The van der Waals surface area contributed by atoms with Gasteiger partial charge in [0.25, 0.3) is 0 Å². The maximum atomic E-state index is 14.8. The number of hydrogen-bond donors (Lipinski definition) is 0. The second kappa shape index (κ2) is 11.1. The second-order valence-electron chi connectivity index (χ2n) is 10.5. The van der Waals surface area contributed by atoms with Crippen LogP contribution >= 0.6 is 11.6 Å². The number of benzene rings is 2. The highest BCUT2D eigenvalue weighted by Crippen LogP contribution is 2.40. The van der Waals surface area contributed by atoms with Crippen LogP contribution < -0.4 is 0 Å². The first-order chi connectivity index (χ1) is 15.5. The smallest absolute Gasteiger partial charge is 0.129 e. The van der Waals surface area contributed by atoms with Gasteiger partial charge in [-0.1, -0.05) is 69.2 Å². The summed E-state index contributed by atoms with van der Waals surface area (Å²) in [5.74, 6) is 2.19. The molecule has 2 aliphatic rings. The van der Waals surface area contributed by atoms with Gasteiger partial charge in [0.15, 0.2) is 0 Å². The summed E-state index contributed by atoms with van der Waals surface area (Å²) in [7, 11) is 0. The lowest BCUT2D eigenvalue weighted by atomic mass is 9.74. The van der Waals surface area contributed by atoms with Gasteiger partial charge in [0.05, 0.1) is 0 Å². The Morgan fingerprint density at radius 1 is 0.750 bits per heavy atom. The molecule has 0 heterocycles. The molecule has 2 aromatic carbocycles. The molecule has 2 fully saturated rings. The van der Waals surface area contributed by atoms with Crippen molar-refractivity contribution in [1.82, 2.24) is 0 Å². The normalized spacial score (nSPS) is 26.2. The monoisotopic (exact) mass is 458 g/mol. The molecule has 0 atom stereocenters. The van der Waals surface area contributed by atoms with E-state index in [0.717, 1.165) is 41.7 Å². The Balaban J connectivity index is 1.27. The summed E-state index contributed by atoms with van der Waals surface area (Å²) in [4.78, 5) is 0. The SMILES string of the molecule is C[C@H]1CC[C@H](CC[C@H]2CC[C@H](c3cc(F)c(CCc4ccc(Cl)cc4)c(F)c3)CC2)CC1. The van der Waals surface area contributed by atoms with Crippen LogP contribution in [-0.2, 0) is 12.8 Å². The van der Waals surface area contributed by atoms with E-state index in [-0.39, 0.29) is 17.2 Å². The van der Waals surface area contributed by atoms with Gasteiger partial charge in [0, 0.05) is 10.6 Å². The van der Waals surface area contributed by atoms with Crippen LogP contribution in [0.3, 0.4) is 0 Å². The lowest BCUT2D eigenvalue weighted by Gasteiger charge is -2.31. The van der Waals surface area contributed by atoms with Crippen LogP contribution in [0.4, 0.5) is 8.78 Å². The van der Waals surface area contributed by atoms with Gasteiger partial charge in [-0.3, -0.25) is 0 Å². The average Bonchev–Trinajstić information content (AvgIpc) is 2.79. The van der Waals surface area contributed by atoms with Crippen LogP contribution in [0.15, 0.2) is 36.4 Å². The van der Waals surface area contributed by atoms with E-state index >= 15 is 0 Å². The maximum absolute atomic E-state index is 14.8. The molecule has 0 saturated heterocycles. The Bertz CT molecular complexity index is 836. The molecule has 0 spiro atoms. The van der Waals surface area contributed by atoms with Crippen LogP contribution in [0.1, 0.15) is 93.7 Å². The third kappa shape index (κ3) is 6.34. The van der Waals surface area contributed by atoms with E-state index in [0.29, 0.717) is 23.8 Å². The molecule has 32 heavy (non-hydrogen) atoms. The van der Waals surface area contributed by atoms with Crippen molar-refractivity contribution in [3.63, 3.8) is 0 Å². The molecule has 0 amide bonds. The second-order valence-corrected chi connectivity index (χ2v) is 10.9. The molecule has 2 saturated carbocycles. The molecule has 4 rings (SSSR count). The van der Waals surface area contributed by atoms with Gasteiger partial charge in [0.1, 0.15) is 11.6 Å². The molecular weight excluding hydrogens is 422 g/mol. The molecule has 0 aliphatic heterocycles. The van der Waals surface area contributed by atoms with Gasteiger partial charge < -0.3 is 0 Å². The summed E-state index contributed by atoms with van der Waals surface area (Å²) in [6.07, 6.45) is 13.9. The van der Waals surface area contributed by atoms with Crippen molar-refractivity contribution in [1.29, 1.82) is 0 Å². The number of hydrogen-bond acceptors (Lipinski definition) is 0. The zero-order valence-electron chi connectivity index (χ0n) is 19.4. The van der Waals surface area contributed by atoms with Crippen molar-refractivity contribution in [2.24, 2.45) is 17.8 Å². The minimum atomic E-state index is -0.386. The van der Waals surface area contributed by atoms with E-state index in [9.17, 15) is 8.78 Å². The van der Waals surface area contributed by atoms with Gasteiger partial charge in [-0.15, -0.1) is 0 Å². The summed E-state index contributed by atoms with van der Waals surface area (Å²) < 4.78 is 29.6. The summed E-state index contributed by atoms with van der Waals surface area (Å²) in [6.45, 7) is 2.38. The zero-order valence-corrected chi connectivity index (χ0v) is 20.1. The molecule has 0 unspecified atom stereocenters. The van der Waals surface area contributed by atoms with E-state index < -0.39 is 0 Å². The third-order valence-electron chi connectivity index (χ3n) is 8.18. The molecule has 0 bridgehead atoms. The Morgan fingerprint density at radius 2 is 1.28 bits per heavy atom. The van der Waals surface area contributed by atoms with Crippen molar-refractivity contribution in [2.75, 3.05) is 0 Å². The van der Waals surface area contributed by atoms with E-state index in [2.05, 4.69) is 6.92 Å². The molecule has 0 N–H and O–H groups in total. The van der Waals surface area contributed by atoms with Crippen molar-refractivity contribution < 1.29 is 8.78 Å². The number of halogens is 3. The quantitative estimate of drug-likeness (QED) is 0.387. The number of rotatable bonds is 7. The van der Waals surface area contributed by atoms with E-state index in [1.165, 1.54) is 51.4 Å². The van der Waals surface area contributed by atoms with Crippen LogP contribution in [0, 0.1) is 29.4 Å². The molecule has 3 heteroatoms. The Labute approximate surface area is 197 Å². The minimum absolute atomic E-state index is 0.208. The lowest BCUT2D eigenvalue weighted by Crippen LogP contribution is -2.17. The topological polar surface area (TPSA) is 0 Å². The molecule has 174 valence electrons.